The lowest BCUT2D eigenvalue weighted by atomic mass is 9.88. The van der Waals surface area contributed by atoms with Crippen molar-refractivity contribution in [1.29, 1.82) is 0 Å². The summed E-state index contributed by atoms with van der Waals surface area (Å²) in [6.07, 6.45) is 7.11. The van der Waals surface area contributed by atoms with Gasteiger partial charge in [0.05, 0.1) is 33.7 Å². The lowest BCUT2D eigenvalue weighted by Gasteiger charge is -2.19. The number of hydrogen-bond donors (Lipinski definition) is 2. The number of benzene rings is 1. The van der Waals surface area contributed by atoms with Crippen LogP contribution in [0.3, 0.4) is 0 Å². The van der Waals surface area contributed by atoms with Crippen LogP contribution < -0.4 is 15.4 Å². The molecule has 1 aromatic heterocycles. The highest BCUT2D eigenvalue weighted by atomic mass is 35.5. The van der Waals surface area contributed by atoms with Crippen molar-refractivity contribution < 1.29 is 22.7 Å². The quantitative estimate of drug-likeness (QED) is 0.311. The summed E-state index contributed by atoms with van der Waals surface area (Å²) in [5.41, 5.74) is 1.62. The first-order valence-corrected chi connectivity index (χ1v) is 16.6. The van der Waals surface area contributed by atoms with Crippen LogP contribution in [0, 0.1) is 5.92 Å². The number of nitrogens with one attached hydrogen (secondary N) is 2. The second-order valence-electron chi connectivity index (χ2n) is 10.3. The average molecular weight is 602 g/mol. The molecule has 2 heterocycles. The van der Waals surface area contributed by atoms with Crippen LogP contribution in [0.2, 0.25) is 10.0 Å². The largest absolute Gasteiger partial charge is 0.490 e. The summed E-state index contributed by atoms with van der Waals surface area (Å²) < 4.78 is 29.6. The number of halogens is 2. The number of amides is 2. The monoisotopic (exact) mass is 600 g/mol. The Morgan fingerprint density at radius 1 is 1.11 bits per heavy atom. The van der Waals surface area contributed by atoms with Gasteiger partial charge in [-0.15, -0.1) is 11.3 Å². The summed E-state index contributed by atoms with van der Waals surface area (Å²) in [7, 11) is -3.14. The highest BCUT2D eigenvalue weighted by Crippen LogP contribution is 2.40. The lowest BCUT2D eigenvalue weighted by molar-refractivity contribution is 0.0941. The third-order valence-electron chi connectivity index (χ3n) is 7.04. The fourth-order valence-electron chi connectivity index (χ4n) is 4.95. The number of hydrogen-bond acceptors (Lipinski definition) is 6. The van der Waals surface area contributed by atoms with E-state index in [1.54, 1.807) is 0 Å². The summed E-state index contributed by atoms with van der Waals surface area (Å²) in [5, 5.41) is 6.74. The molecule has 1 aromatic carbocycles. The number of thiophene rings is 1. The second kappa shape index (κ2) is 12.6. The first-order chi connectivity index (χ1) is 18.1. The summed E-state index contributed by atoms with van der Waals surface area (Å²) >= 11 is 14.2. The van der Waals surface area contributed by atoms with Crippen LogP contribution in [0.25, 0.3) is 0 Å². The van der Waals surface area contributed by atoms with Crippen LogP contribution in [0.4, 0.5) is 5.00 Å². The maximum Gasteiger partial charge on any atom is 0.256 e. The number of unbranched alkanes of at least 4 members (excludes halogenated alkanes) is 3. The van der Waals surface area contributed by atoms with Gasteiger partial charge in [0.15, 0.2) is 15.6 Å². The Hall–Kier alpha value is -1.81. The number of sulfone groups is 1. The smallest absolute Gasteiger partial charge is 0.256 e. The molecule has 2 atom stereocenters. The topological polar surface area (TPSA) is 102 Å². The summed E-state index contributed by atoms with van der Waals surface area (Å²) in [6, 6.07) is 2.60. The van der Waals surface area contributed by atoms with E-state index in [9.17, 15) is 18.0 Å². The van der Waals surface area contributed by atoms with E-state index in [1.165, 1.54) is 23.5 Å². The predicted molar refractivity (Wildman–Crippen MR) is 154 cm³/mol. The van der Waals surface area contributed by atoms with Crippen LogP contribution in [-0.4, -0.2) is 44.4 Å². The van der Waals surface area contributed by atoms with Gasteiger partial charge in [-0.3, -0.25) is 9.59 Å². The molecule has 0 bridgehead atoms. The summed E-state index contributed by atoms with van der Waals surface area (Å²) in [6.45, 7) is 4.80. The molecule has 38 heavy (non-hydrogen) atoms. The van der Waals surface area contributed by atoms with E-state index in [4.69, 9.17) is 27.9 Å². The van der Waals surface area contributed by atoms with E-state index >= 15 is 0 Å². The molecule has 1 fully saturated rings. The van der Waals surface area contributed by atoms with Gasteiger partial charge in [0, 0.05) is 16.5 Å². The SMILES string of the molecule is CCCCCCOc1c(Cl)cc(C(=O)Nc2sc3c(c2C(=O)NC2CCS(=O)(=O)C2)CCC(C)C3)cc1Cl. The van der Waals surface area contributed by atoms with E-state index in [0.717, 1.165) is 55.4 Å². The highest BCUT2D eigenvalue weighted by molar-refractivity contribution is 7.91. The molecular formula is C27H34Cl2N2O5S2. The molecule has 2 N–H and O–H groups in total. The van der Waals surface area contributed by atoms with E-state index in [-0.39, 0.29) is 33.0 Å². The second-order valence-corrected chi connectivity index (χ2v) is 14.4. The Kier molecular flexibility index (Phi) is 9.66. The number of carbonyl (C=O) groups excluding carboxylic acids is 2. The van der Waals surface area contributed by atoms with Crippen LogP contribution in [0.5, 0.6) is 5.75 Å². The predicted octanol–water partition coefficient (Wildman–Crippen LogP) is 6.31. The molecule has 2 aliphatic rings. The van der Waals surface area contributed by atoms with Gasteiger partial charge in [0.1, 0.15) is 5.00 Å². The van der Waals surface area contributed by atoms with E-state index < -0.39 is 21.8 Å². The van der Waals surface area contributed by atoms with Crippen LogP contribution in [-0.2, 0) is 22.7 Å². The first kappa shape index (κ1) is 29.2. The molecule has 1 aliphatic carbocycles. The van der Waals surface area contributed by atoms with Crippen molar-refractivity contribution in [3.05, 3.63) is 43.7 Å². The Balaban J connectivity index is 1.53. The summed E-state index contributed by atoms with van der Waals surface area (Å²) in [5.74, 6) is 0.0558. The van der Waals surface area contributed by atoms with E-state index in [2.05, 4.69) is 24.5 Å². The minimum Gasteiger partial charge on any atom is -0.490 e. The van der Waals surface area contributed by atoms with Crippen molar-refractivity contribution in [2.75, 3.05) is 23.4 Å². The average Bonchev–Trinajstić information content (AvgIpc) is 3.37. The number of anilines is 1. The number of fused-ring (bicyclic) bond motifs is 1. The fourth-order valence-corrected chi connectivity index (χ4v) is 8.63. The van der Waals surface area contributed by atoms with Crippen molar-refractivity contribution in [3.63, 3.8) is 0 Å². The van der Waals surface area contributed by atoms with Crippen molar-refractivity contribution in [1.82, 2.24) is 5.32 Å². The zero-order chi connectivity index (χ0) is 27.4. The maximum atomic E-state index is 13.4. The van der Waals surface area contributed by atoms with E-state index in [1.807, 2.05) is 0 Å². The van der Waals surface area contributed by atoms with Gasteiger partial charge in [-0.1, -0.05) is 56.3 Å². The van der Waals surface area contributed by atoms with Crippen molar-refractivity contribution in [3.8, 4) is 5.75 Å². The minimum atomic E-state index is -3.14. The van der Waals surface area contributed by atoms with E-state index in [0.29, 0.717) is 35.3 Å². The molecule has 2 aromatic rings. The normalized spacial score (nSPS) is 20.1. The molecule has 0 spiro atoms. The van der Waals surface area contributed by atoms with Crippen molar-refractivity contribution >= 4 is 61.2 Å². The van der Waals surface area contributed by atoms with Crippen LogP contribution in [0.1, 0.15) is 83.5 Å². The molecule has 1 aliphatic heterocycles. The molecule has 11 heteroatoms. The molecule has 208 valence electrons. The van der Waals surface area contributed by atoms with Gasteiger partial charge in [0.2, 0.25) is 0 Å². The molecular weight excluding hydrogens is 567 g/mol. The molecule has 2 unspecified atom stereocenters. The maximum absolute atomic E-state index is 13.4. The van der Waals surface area contributed by atoms with Crippen LogP contribution >= 0.6 is 34.5 Å². The highest BCUT2D eigenvalue weighted by Gasteiger charge is 2.33. The molecule has 0 radical (unpaired) electrons. The van der Waals surface area contributed by atoms with Crippen molar-refractivity contribution in [2.24, 2.45) is 5.92 Å². The van der Waals surface area contributed by atoms with Gasteiger partial charge in [-0.25, -0.2) is 8.42 Å². The zero-order valence-electron chi connectivity index (χ0n) is 21.7. The molecule has 4 rings (SSSR count). The van der Waals surface area contributed by atoms with Gasteiger partial charge < -0.3 is 15.4 Å². The number of carbonyl (C=O) groups is 2. The first-order valence-electron chi connectivity index (χ1n) is 13.2. The van der Waals surface area contributed by atoms with Gasteiger partial charge in [0.25, 0.3) is 11.8 Å². The van der Waals surface area contributed by atoms with Gasteiger partial charge in [-0.05, 0) is 55.7 Å². The van der Waals surface area contributed by atoms with Crippen LogP contribution in [0.15, 0.2) is 12.1 Å². The fraction of sp³-hybridized carbons (Fsp3) is 0.556. The minimum absolute atomic E-state index is 0.0617. The Morgan fingerprint density at radius 2 is 1.84 bits per heavy atom. The number of rotatable bonds is 10. The lowest BCUT2D eigenvalue weighted by Crippen LogP contribution is -2.36. The van der Waals surface area contributed by atoms with Crippen molar-refractivity contribution in [2.45, 2.75) is 71.3 Å². The standard InChI is InChI=1S/C27H34Cl2N2O5S2/c1-3-4-5-6-10-36-24-20(28)13-17(14-21(24)29)25(32)31-27-23(19-8-7-16(2)12-22(19)37-27)26(33)30-18-9-11-38(34,35)15-18/h13-14,16,18H,3-12,15H2,1-2H3,(H,30,33)(H,31,32). The molecule has 1 saturated heterocycles. The van der Waals surface area contributed by atoms with Gasteiger partial charge >= 0.3 is 0 Å². The third kappa shape index (κ3) is 7.03. The Morgan fingerprint density at radius 3 is 2.50 bits per heavy atom. The summed E-state index contributed by atoms with van der Waals surface area (Å²) in [4.78, 5) is 27.7. The third-order valence-corrected chi connectivity index (χ3v) is 10.5. The molecule has 7 nitrogen and oxygen atoms in total. The number of ether oxygens (including phenoxy) is 1. The molecule has 0 saturated carbocycles. The Bertz CT molecular complexity index is 1290. The Labute approximate surface area is 238 Å². The molecule has 2 amide bonds. The van der Waals surface area contributed by atoms with Gasteiger partial charge in [-0.2, -0.15) is 0 Å². The zero-order valence-corrected chi connectivity index (χ0v) is 24.8.